The van der Waals surface area contributed by atoms with Gasteiger partial charge in [0.15, 0.2) is 5.25 Å². The molecule has 0 saturated heterocycles. The van der Waals surface area contributed by atoms with E-state index in [0.29, 0.717) is 4.47 Å². The normalized spacial score (nSPS) is 13.5. The van der Waals surface area contributed by atoms with Gasteiger partial charge in [-0.15, -0.1) is 0 Å². The molecule has 0 aliphatic carbocycles. The first-order valence-electron chi connectivity index (χ1n) is 3.78. The van der Waals surface area contributed by atoms with Gasteiger partial charge < -0.3 is 5.11 Å². The third-order valence-corrected chi connectivity index (χ3v) is 3.87. The van der Waals surface area contributed by atoms with Gasteiger partial charge in [0.1, 0.15) is 5.82 Å². The van der Waals surface area contributed by atoms with Crippen molar-refractivity contribution in [2.45, 2.75) is 12.2 Å². The molecule has 0 aromatic carbocycles. The number of hydrogen-bond acceptors (Lipinski definition) is 4. The number of aliphatic carboxylic acids is 1. The second kappa shape index (κ2) is 4.19. The number of nitrogens with one attached hydrogen (secondary N) is 2. The third-order valence-electron chi connectivity index (χ3n) is 1.65. The molecule has 0 radical (unpaired) electrons. The van der Waals surface area contributed by atoms with E-state index in [4.69, 9.17) is 5.11 Å². The number of halogens is 1. The Morgan fingerprint density at radius 2 is 2.33 bits per heavy atom. The lowest BCUT2D eigenvalue weighted by Crippen LogP contribution is -2.32. The quantitative estimate of drug-likeness (QED) is 0.744. The van der Waals surface area contributed by atoms with Crippen LogP contribution in [0.3, 0.4) is 0 Å². The number of hydrogen-bond donors (Lipinski definition) is 3. The molecule has 0 amide bonds. The first kappa shape index (κ1) is 12.0. The van der Waals surface area contributed by atoms with Crippen LogP contribution >= 0.6 is 15.9 Å². The van der Waals surface area contributed by atoms with Gasteiger partial charge in [-0.3, -0.25) is 14.6 Å². The Kier molecular flexibility index (Phi) is 3.35. The molecule has 9 heteroatoms. The highest BCUT2D eigenvalue weighted by molar-refractivity contribution is 9.10. The van der Waals surface area contributed by atoms with Gasteiger partial charge in [-0.2, -0.15) is 5.10 Å². The molecule has 1 aromatic rings. The highest BCUT2D eigenvalue weighted by atomic mass is 79.9. The molecule has 1 heterocycles. The van der Waals surface area contributed by atoms with Crippen molar-refractivity contribution < 1.29 is 18.3 Å². The SMILES string of the molecule is CC(C(=O)O)S(=O)(=O)Nc1[nH]ncc1Br. The number of H-pyrrole nitrogens is 1. The summed E-state index contributed by atoms with van der Waals surface area (Å²) in [6.45, 7) is 1.08. The van der Waals surface area contributed by atoms with E-state index in [1.54, 1.807) is 0 Å². The Hall–Kier alpha value is -1.09. The van der Waals surface area contributed by atoms with Crippen molar-refractivity contribution in [3.8, 4) is 0 Å². The van der Waals surface area contributed by atoms with Gasteiger partial charge in [0.25, 0.3) is 0 Å². The Morgan fingerprint density at radius 1 is 1.73 bits per heavy atom. The van der Waals surface area contributed by atoms with E-state index in [1.807, 2.05) is 0 Å². The molecule has 1 atom stereocenters. The number of nitrogens with zero attached hydrogens (tertiary/aromatic N) is 1. The molecule has 0 aliphatic heterocycles. The maximum absolute atomic E-state index is 11.4. The van der Waals surface area contributed by atoms with E-state index < -0.39 is 21.2 Å². The van der Waals surface area contributed by atoms with E-state index in [-0.39, 0.29) is 5.82 Å². The van der Waals surface area contributed by atoms with Crippen molar-refractivity contribution in [2.75, 3.05) is 4.72 Å². The van der Waals surface area contributed by atoms with E-state index in [9.17, 15) is 13.2 Å². The second-order valence-electron chi connectivity index (χ2n) is 2.72. The maximum atomic E-state index is 11.4. The van der Waals surface area contributed by atoms with Crippen molar-refractivity contribution in [1.82, 2.24) is 10.2 Å². The highest BCUT2D eigenvalue weighted by Gasteiger charge is 2.28. The highest BCUT2D eigenvalue weighted by Crippen LogP contribution is 2.20. The second-order valence-corrected chi connectivity index (χ2v) is 5.58. The van der Waals surface area contributed by atoms with Gasteiger partial charge in [0.05, 0.1) is 10.7 Å². The molecule has 1 unspecified atom stereocenters. The molecule has 0 aliphatic rings. The van der Waals surface area contributed by atoms with Gasteiger partial charge in [0.2, 0.25) is 10.0 Å². The van der Waals surface area contributed by atoms with Gasteiger partial charge in [0, 0.05) is 0 Å². The molecule has 3 N–H and O–H groups in total. The lowest BCUT2D eigenvalue weighted by Gasteiger charge is -2.09. The Bertz CT molecular complexity index is 468. The van der Waals surface area contributed by atoms with E-state index in [0.717, 1.165) is 6.92 Å². The third kappa shape index (κ3) is 2.69. The minimum absolute atomic E-state index is 0.100. The van der Waals surface area contributed by atoms with Crippen LogP contribution in [0.1, 0.15) is 6.92 Å². The summed E-state index contributed by atoms with van der Waals surface area (Å²) < 4.78 is 25.3. The van der Waals surface area contributed by atoms with Crippen LogP contribution in [-0.4, -0.2) is 34.9 Å². The first-order chi connectivity index (χ1) is 6.84. The van der Waals surface area contributed by atoms with Crippen LogP contribution in [0.4, 0.5) is 5.82 Å². The molecule has 0 fully saturated rings. The van der Waals surface area contributed by atoms with Crippen molar-refractivity contribution in [3.63, 3.8) is 0 Å². The van der Waals surface area contributed by atoms with Crippen LogP contribution < -0.4 is 4.72 Å². The summed E-state index contributed by atoms with van der Waals surface area (Å²) in [6, 6.07) is 0. The molecule has 1 aromatic heterocycles. The molecular formula is C6H8BrN3O4S. The Labute approximate surface area is 94.1 Å². The van der Waals surface area contributed by atoms with Crippen molar-refractivity contribution in [3.05, 3.63) is 10.7 Å². The van der Waals surface area contributed by atoms with Crippen molar-refractivity contribution in [2.24, 2.45) is 0 Å². The molecule has 15 heavy (non-hydrogen) atoms. The predicted octanol–water partition coefficient (Wildman–Crippen LogP) is 0.387. The monoisotopic (exact) mass is 297 g/mol. The summed E-state index contributed by atoms with van der Waals surface area (Å²) in [6.07, 6.45) is 1.35. The van der Waals surface area contributed by atoms with Crippen LogP contribution in [0, 0.1) is 0 Å². The van der Waals surface area contributed by atoms with Crippen LogP contribution in [0.5, 0.6) is 0 Å². The Morgan fingerprint density at radius 3 is 2.73 bits per heavy atom. The summed E-state index contributed by atoms with van der Waals surface area (Å²) in [4.78, 5) is 10.5. The molecule has 0 saturated carbocycles. The minimum Gasteiger partial charge on any atom is -0.480 e. The van der Waals surface area contributed by atoms with Crippen LogP contribution in [0.25, 0.3) is 0 Å². The Balaban J connectivity index is 2.91. The van der Waals surface area contributed by atoms with Crippen LogP contribution in [0.2, 0.25) is 0 Å². The molecule has 7 nitrogen and oxygen atoms in total. The van der Waals surface area contributed by atoms with E-state index >= 15 is 0 Å². The zero-order chi connectivity index (χ0) is 11.6. The first-order valence-corrected chi connectivity index (χ1v) is 6.12. The number of carboxylic acid groups (broad SMARTS) is 1. The van der Waals surface area contributed by atoms with Crippen LogP contribution in [-0.2, 0) is 14.8 Å². The minimum atomic E-state index is -3.96. The fourth-order valence-corrected chi connectivity index (χ4v) is 2.01. The maximum Gasteiger partial charge on any atom is 0.323 e. The lowest BCUT2D eigenvalue weighted by molar-refractivity contribution is -0.136. The summed E-state index contributed by atoms with van der Waals surface area (Å²) in [5.41, 5.74) is 0. The topological polar surface area (TPSA) is 112 Å². The fourth-order valence-electron chi connectivity index (χ4n) is 0.706. The fraction of sp³-hybridized carbons (Fsp3) is 0.333. The molecular weight excluding hydrogens is 290 g/mol. The molecule has 0 bridgehead atoms. The van der Waals surface area contributed by atoms with Crippen molar-refractivity contribution in [1.29, 1.82) is 0 Å². The molecule has 1 rings (SSSR count). The smallest absolute Gasteiger partial charge is 0.323 e. The summed E-state index contributed by atoms with van der Waals surface area (Å²) >= 11 is 3.04. The average molecular weight is 298 g/mol. The average Bonchev–Trinajstić information content (AvgIpc) is 2.50. The van der Waals surface area contributed by atoms with Gasteiger partial charge in [-0.25, -0.2) is 8.42 Å². The van der Waals surface area contributed by atoms with Crippen molar-refractivity contribution >= 4 is 37.7 Å². The molecule has 0 spiro atoms. The number of aromatic amines is 1. The lowest BCUT2D eigenvalue weighted by atomic mass is 10.5. The standard InChI is InChI=1S/C6H8BrN3O4S/c1-3(6(11)12)15(13,14)10-5-4(7)2-8-9-5/h2-3H,1H3,(H,11,12)(H2,8,9,10). The number of rotatable bonds is 4. The summed E-state index contributed by atoms with van der Waals surface area (Å²) in [5.74, 6) is -1.32. The summed E-state index contributed by atoms with van der Waals surface area (Å²) in [7, 11) is -3.96. The number of anilines is 1. The van der Waals surface area contributed by atoms with Gasteiger partial charge in [-0.1, -0.05) is 0 Å². The van der Waals surface area contributed by atoms with E-state index in [2.05, 4.69) is 30.8 Å². The summed E-state index contributed by atoms with van der Waals surface area (Å²) in [5, 5.41) is 13.0. The number of carbonyl (C=O) groups is 1. The van der Waals surface area contributed by atoms with Gasteiger partial charge in [-0.05, 0) is 22.9 Å². The number of aromatic nitrogens is 2. The predicted molar refractivity (Wildman–Crippen MR) is 55.9 cm³/mol. The number of carboxylic acids is 1. The zero-order valence-electron chi connectivity index (χ0n) is 7.56. The molecule has 84 valence electrons. The largest absolute Gasteiger partial charge is 0.480 e. The zero-order valence-corrected chi connectivity index (χ0v) is 9.96. The number of sulfonamides is 1. The van der Waals surface area contributed by atoms with Gasteiger partial charge >= 0.3 is 5.97 Å². The van der Waals surface area contributed by atoms with Crippen LogP contribution in [0.15, 0.2) is 10.7 Å². The van der Waals surface area contributed by atoms with E-state index in [1.165, 1.54) is 6.20 Å².